The maximum absolute atomic E-state index is 12.9. The Hall–Kier alpha value is -2.58. The fraction of sp³-hybridized carbons (Fsp3) is 0.316. The summed E-state index contributed by atoms with van der Waals surface area (Å²) in [5, 5.41) is 3.00. The van der Waals surface area contributed by atoms with E-state index in [9.17, 15) is 4.39 Å². The average molecular weight is 385 g/mol. The third-order valence-corrected chi connectivity index (χ3v) is 5.24. The van der Waals surface area contributed by atoms with Crippen LogP contribution in [-0.4, -0.2) is 46.0 Å². The number of halogens is 1. The second-order valence-corrected chi connectivity index (χ2v) is 7.23. The highest BCUT2D eigenvalue weighted by molar-refractivity contribution is 7.09. The van der Waals surface area contributed by atoms with E-state index in [1.54, 1.807) is 35.9 Å². The third kappa shape index (κ3) is 4.78. The number of hydrogen-bond acceptors (Lipinski definition) is 7. The van der Waals surface area contributed by atoms with Gasteiger partial charge in [-0.1, -0.05) is 0 Å². The highest BCUT2D eigenvalue weighted by Crippen LogP contribution is 2.18. The molecule has 0 radical (unpaired) electrons. The molecule has 1 aromatic carbocycles. The van der Waals surface area contributed by atoms with Crippen molar-refractivity contribution in [3.8, 4) is 5.75 Å². The monoisotopic (exact) mass is 385 g/mol. The lowest BCUT2D eigenvalue weighted by atomic mass is 10.3. The molecule has 1 saturated heterocycles. The Morgan fingerprint density at radius 3 is 2.52 bits per heavy atom. The van der Waals surface area contributed by atoms with E-state index in [0.29, 0.717) is 12.4 Å². The van der Waals surface area contributed by atoms with Crippen molar-refractivity contribution in [3.05, 3.63) is 64.6 Å². The van der Waals surface area contributed by atoms with Crippen LogP contribution in [0.5, 0.6) is 5.75 Å². The zero-order valence-corrected chi connectivity index (χ0v) is 15.6. The SMILES string of the molecule is Fc1ccc(OCc2nc(CN3CCN(c4ncccn4)CC3)cs2)cc1. The quantitative estimate of drug-likeness (QED) is 0.650. The molecule has 0 spiro atoms. The molecule has 2 aromatic heterocycles. The van der Waals surface area contributed by atoms with E-state index in [0.717, 1.165) is 49.4 Å². The van der Waals surface area contributed by atoms with Gasteiger partial charge in [-0.25, -0.2) is 19.3 Å². The van der Waals surface area contributed by atoms with Crippen LogP contribution in [0, 0.1) is 5.82 Å². The van der Waals surface area contributed by atoms with Gasteiger partial charge in [-0.05, 0) is 30.3 Å². The van der Waals surface area contributed by atoms with Gasteiger partial charge in [-0.3, -0.25) is 4.90 Å². The molecule has 0 bridgehead atoms. The van der Waals surface area contributed by atoms with Crippen LogP contribution in [-0.2, 0) is 13.2 Å². The normalized spacial score (nSPS) is 15.1. The maximum atomic E-state index is 12.9. The van der Waals surface area contributed by atoms with Crippen LogP contribution in [0.15, 0.2) is 48.1 Å². The number of rotatable bonds is 6. The Labute approximate surface area is 161 Å². The summed E-state index contributed by atoms with van der Waals surface area (Å²) >= 11 is 1.59. The highest BCUT2D eigenvalue weighted by Gasteiger charge is 2.19. The minimum absolute atomic E-state index is 0.266. The molecule has 0 amide bonds. The van der Waals surface area contributed by atoms with Crippen molar-refractivity contribution in [2.75, 3.05) is 31.1 Å². The van der Waals surface area contributed by atoms with Gasteiger partial charge in [-0.15, -0.1) is 11.3 Å². The Morgan fingerprint density at radius 2 is 1.78 bits per heavy atom. The van der Waals surface area contributed by atoms with Crippen molar-refractivity contribution < 1.29 is 9.13 Å². The van der Waals surface area contributed by atoms with Crippen LogP contribution in [0.1, 0.15) is 10.7 Å². The summed E-state index contributed by atoms with van der Waals surface area (Å²) in [6.07, 6.45) is 3.55. The van der Waals surface area contributed by atoms with Gasteiger partial charge >= 0.3 is 0 Å². The first-order valence-corrected chi connectivity index (χ1v) is 9.70. The second-order valence-electron chi connectivity index (χ2n) is 6.29. The van der Waals surface area contributed by atoms with Gasteiger partial charge in [0, 0.05) is 50.5 Å². The van der Waals surface area contributed by atoms with Crippen molar-refractivity contribution in [1.82, 2.24) is 19.9 Å². The largest absolute Gasteiger partial charge is 0.486 e. The molecule has 140 valence electrons. The second kappa shape index (κ2) is 8.41. The smallest absolute Gasteiger partial charge is 0.225 e. The van der Waals surface area contributed by atoms with Gasteiger partial charge in [0.2, 0.25) is 5.95 Å². The molecular formula is C19H20FN5OS. The summed E-state index contributed by atoms with van der Waals surface area (Å²) in [5.41, 5.74) is 1.06. The van der Waals surface area contributed by atoms with Crippen LogP contribution in [0.25, 0.3) is 0 Å². The lowest BCUT2D eigenvalue weighted by molar-refractivity contribution is 0.245. The van der Waals surface area contributed by atoms with Gasteiger partial charge in [-0.2, -0.15) is 0 Å². The molecule has 0 atom stereocenters. The topological polar surface area (TPSA) is 54.4 Å². The van der Waals surface area contributed by atoms with Crippen molar-refractivity contribution in [2.24, 2.45) is 0 Å². The molecule has 0 unspecified atom stereocenters. The number of anilines is 1. The maximum Gasteiger partial charge on any atom is 0.225 e. The average Bonchev–Trinajstić information content (AvgIpc) is 3.16. The number of piperazine rings is 1. The standard InChI is InChI=1S/C19H20FN5OS/c20-15-2-4-17(5-3-15)26-13-18-23-16(14-27-18)12-24-8-10-25(11-9-24)19-21-6-1-7-22-19/h1-7,14H,8-13H2. The van der Waals surface area contributed by atoms with E-state index in [1.165, 1.54) is 12.1 Å². The Bertz CT molecular complexity index is 850. The number of thiazole rings is 1. The zero-order chi connectivity index (χ0) is 18.5. The summed E-state index contributed by atoms with van der Waals surface area (Å²) < 4.78 is 18.6. The summed E-state index contributed by atoms with van der Waals surface area (Å²) in [6.45, 7) is 4.96. The van der Waals surface area contributed by atoms with E-state index < -0.39 is 0 Å². The van der Waals surface area contributed by atoms with Gasteiger partial charge in [0.25, 0.3) is 0 Å². The molecule has 0 aliphatic carbocycles. The highest BCUT2D eigenvalue weighted by atomic mass is 32.1. The van der Waals surface area contributed by atoms with Crippen molar-refractivity contribution in [3.63, 3.8) is 0 Å². The molecule has 0 N–H and O–H groups in total. The van der Waals surface area contributed by atoms with Crippen LogP contribution in [0.3, 0.4) is 0 Å². The molecule has 8 heteroatoms. The number of nitrogens with zero attached hydrogens (tertiary/aromatic N) is 5. The van der Waals surface area contributed by atoms with E-state index >= 15 is 0 Å². The van der Waals surface area contributed by atoms with Crippen LogP contribution < -0.4 is 9.64 Å². The molecule has 1 fully saturated rings. The Balaban J connectivity index is 1.25. The van der Waals surface area contributed by atoms with Crippen LogP contribution in [0.4, 0.5) is 10.3 Å². The van der Waals surface area contributed by atoms with Crippen molar-refractivity contribution >= 4 is 17.3 Å². The van der Waals surface area contributed by atoms with E-state index in [-0.39, 0.29) is 5.82 Å². The Morgan fingerprint density at radius 1 is 1.04 bits per heavy atom. The number of aromatic nitrogens is 3. The van der Waals surface area contributed by atoms with E-state index in [4.69, 9.17) is 4.74 Å². The van der Waals surface area contributed by atoms with E-state index in [1.807, 2.05) is 6.07 Å². The first-order chi connectivity index (χ1) is 13.3. The van der Waals surface area contributed by atoms with Gasteiger partial charge in [0.1, 0.15) is 23.2 Å². The molecule has 27 heavy (non-hydrogen) atoms. The number of benzene rings is 1. The summed E-state index contributed by atoms with van der Waals surface area (Å²) in [7, 11) is 0. The van der Waals surface area contributed by atoms with Gasteiger partial charge < -0.3 is 9.64 Å². The molecule has 6 nitrogen and oxygen atoms in total. The van der Waals surface area contributed by atoms with Crippen molar-refractivity contribution in [2.45, 2.75) is 13.2 Å². The first kappa shape index (κ1) is 17.8. The molecule has 3 heterocycles. The molecule has 1 aliphatic rings. The minimum Gasteiger partial charge on any atom is -0.486 e. The summed E-state index contributed by atoms with van der Waals surface area (Å²) in [4.78, 5) is 17.9. The third-order valence-electron chi connectivity index (χ3n) is 4.37. The van der Waals surface area contributed by atoms with Gasteiger partial charge in [0.15, 0.2) is 0 Å². The fourth-order valence-electron chi connectivity index (χ4n) is 2.95. The molecule has 3 aromatic rings. The lowest BCUT2D eigenvalue weighted by Gasteiger charge is -2.34. The van der Waals surface area contributed by atoms with Crippen molar-refractivity contribution in [1.29, 1.82) is 0 Å². The summed E-state index contributed by atoms with van der Waals surface area (Å²) in [6, 6.07) is 7.87. The van der Waals surface area contributed by atoms with Gasteiger partial charge in [0.05, 0.1) is 5.69 Å². The molecular weight excluding hydrogens is 365 g/mol. The number of hydrogen-bond donors (Lipinski definition) is 0. The van der Waals surface area contributed by atoms with E-state index in [2.05, 4.69) is 30.1 Å². The lowest BCUT2D eigenvalue weighted by Crippen LogP contribution is -2.46. The zero-order valence-electron chi connectivity index (χ0n) is 14.8. The molecule has 0 saturated carbocycles. The molecule has 4 rings (SSSR count). The van der Waals surface area contributed by atoms with Crippen LogP contribution in [0.2, 0.25) is 0 Å². The predicted octanol–water partition coefficient (Wildman–Crippen LogP) is 2.97. The molecule has 1 aliphatic heterocycles. The number of ether oxygens (including phenoxy) is 1. The Kier molecular flexibility index (Phi) is 5.55. The van der Waals surface area contributed by atoms with Crippen LogP contribution >= 0.6 is 11.3 Å². The fourth-order valence-corrected chi connectivity index (χ4v) is 3.65. The minimum atomic E-state index is -0.266. The first-order valence-electron chi connectivity index (χ1n) is 8.82. The summed E-state index contributed by atoms with van der Waals surface area (Å²) in [5.74, 6) is 1.18. The predicted molar refractivity (Wildman–Crippen MR) is 102 cm³/mol.